The minimum absolute atomic E-state index is 0.0607. The molecule has 2 amide bonds. The number of imide groups is 1. The van der Waals surface area contributed by atoms with Gasteiger partial charge in [0.15, 0.2) is 8.32 Å². The number of benzene rings is 5. The molecule has 7 nitrogen and oxygen atoms in total. The van der Waals surface area contributed by atoms with E-state index in [1.165, 1.54) is 17.0 Å². The third kappa shape index (κ3) is 10.6. The molecular formula is C47H52BrFN2O5Si. The summed E-state index contributed by atoms with van der Waals surface area (Å²) in [6, 6.07) is 40.4. The second-order valence-electron chi connectivity index (χ2n) is 16.1. The lowest BCUT2D eigenvalue weighted by Gasteiger charge is -2.39. The molecule has 1 saturated heterocycles. The van der Waals surface area contributed by atoms with Crippen LogP contribution in [0.1, 0.15) is 80.5 Å². The van der Waals surface area contributed by atoms with Gasteiger partial charge >= 0.3 is 6.09 Å². The Labute approximate surface area is 345 Å². The molecule has 1 aliphatic heterocycles. The molecule has 5 aromatic rings. The SMILES string of the molecule is CC(C)(C)[Si](C)(C)O[C@@H](CCC[C@@H](C(=O)N1C(=O)OC[C@@H]1c1ccccc1)[C@H](Nc1ccccc1)c1ccc(Br)cc1OCc1ccccc1)c1ccc(F)cc1. The number of ether oxygens (including phenoxy) is 2. The lowest BCUT2D eigenvalue weighted by atomic mass is 9.85. The summed E-state index contributed by atoms with van der Waals surface area (Å²) in [5.74, 6) is -0.812. The maximum Gasteiger partial charge on any atom is 0.417 e. The molecular weight excluding hydrogens is 800 g/mol. The van der Waals surface area contributed by atoms with Crippen LogP contribution < -0.4 is 10.1 Å². The van der Waals surface area contributed by atoms with Crippen molar-refractivity contribution in [3.63, 3.8) is 0 Å². The Balaban J connectivity index is 1.41. The summed E-state index contributed by atoms with van der Waals surface area (Å²) >= 11 is 3.65. The van der Waals surface area contributed by atoms with Crippen molar-refractivity contribution in [2.75, 3.05) is 11.9 Å². The van der Waals surface area contributed by atoms with Crippen LogP contribution in [0.2, 0.25) is 18.1 Å². The summed E-state index contributed by atoms with van der Waals surface area (Å²) in [7, 11) is -2.28. The Morgan fingerprint density at radius 2 is 1.53 bits per heavy atom. The Kier molecular flexibility index (Phi) is 13.7. The van der Waals surface area contributed by atoms with E-state index < -0.39 is 32.4 Å². The van der Waals surface area contributed by atoms with Gasteiger partial charge in [-0.25, -0.2) is 14.1 Å². The first-order valence-corrected chi connectivity index (χ1v) is 23.3. The van der Waals surface area contributed by atoms with Gasteiger partial charge < -0.3 is 19.2 Å². The average molecular weight is 852 g/mol. The molecule has 0 bridgehead atoms. The van der Waals surface area contributed by atoms with Crippen molar-refractivity contribution in [2.45, 2.75) is 83.0 Å². The van der Waals surface area contributed by atoms with E-state index in [2.05, 4.69) is 55.1 Å². The predicted octanol–water partition coefficient (Wildman–Crippen LogP) is 12.6. The number of amides is 2. The van der Waals surface area contributed by atoms with Crippen LogP contribution in [0, 0.1) is 11.7 Å². The van der Waals surface area contributed by atoms with E-state index in [0.29, 0.717) is 31.6 Å². The summed E-state index contributed by atoms with van der Waals surface area (Å²) in [6.45, 7) is 11.4. The minimum atomic E-state index is -2.28. The van der Waals surface area contributed by atoms with Gasteiger partial charge in [-0.3, -0.25) is 4.79 Å². The molecule has 1 fully saturated rings. The van der Waals surface area contributed by atoms with Crippen molar-refractivity contribution in [1.82, 2.24) is 4.90 Å². The zero-order valence-electron chi connectivity index (χ0n) is 33.3. The smallest absolute Gasteiger partial charge is 0.417 e. The molecule has 0 aromatic heterocycles. The van der Waals surface area contributed by atoms with Gasteiger partial charge in [0.2, 0.25) is 5.91 Å². The van der Waals surface area contributed by atoms with E-state index >= 15 is 4.79 Å². The van der Waals surface area contributed by atoms with Crippen LogP contribution in [0.5, 0.6) is 5.75 Å². The topological polar surface area (TPSA) is 77.1 Å². The average Bonchev–Trinajstić information content (AvgIpc) is 3.59. The normalized spacial score (nSPS) is 16.1. The summed E-state index contributed by atoms with van der Waals surface area (Å²) in [5, 5.41) is 3.64. The van der Waals surface area contributed by atoms with Crippen molar-refractivity contribution in [3.8, 4) is 5.75 Å². The number of hydrogen-bond acceptors (Lipinski definition) is 6. The standard InChI is InChI=1S/C47H52BrFN2O5Si/c1-47(2,3)57(4,5)56-42(35-24-27-37(49)28-25-35)23-15-22-40(45(52)51-41(32-55-46(51)53)34-18-11-7-12-19-34)44(50-38-20-13-8-14-21-38)39-29-26-36(48)30-43(39)54-31-33-16-9-6-10-17-33/h6-14,16-21,24-30,40-42,44,50H,15,22-23,31-32H2,1-5H3/t40-,41-,42+,44-/m1/s1. The van der Waals surface area contributed by atoms with Crippen molar-refractivity contribution in [1.29, 1.82) is 0 Å². The monoisotopic (exact) mass is 850 g/mol. The van der Waals surface area contributed by atoms with Crippen LogP contribution in [0.15, 0.2) is 138 Å². The van der Waals surface area contributed by atoms with Gasteiger partial charge in [0, 0.05) is 15.7 Å². The third-order valence-electron chi connectivity index (χ3n) is 11.1. The van der Waals surface area contributed by atoms with Crippen LogP contribution in [0.3, 0.4) is 0 Å². The fraction of sp³-hybridized carbons (Fsp3) is 0.319. The van der Waals surface area contributed by atoms with Gasteiger partial charge in [0.05, 0.1) is 18.1 Å². The Hall–Kier alpha value is -4.77. The molecule has 0 aliphatic carbocycles. The van der Waals surface area contributed by atoms with Crippen LogP contribution >= 0.6 is 15.9 Å². The second kappa shape index (κ2) is 18.7. The van der Waals surface area contributed by atoms with Gasteiger partial charge in [0.25, 0.3) is 0 Å². The number of para-hydroxylation sites is 1. The van der Waals surface area contributed by atoms with Crippen molar-refractivity contribution < 1.29 is 27.9 Å². The van der Waals surface area contributed by atoms with E-state index in [9.17, 15) is 9.18 Å². The van der Waals surface area contributed by atoms with E-state index in [1.807, 2.05) is 109 Å². The number of cyclic esters (lactones) is 1. The van der Waals surface area contributed by atoms with Crippen LogP contribution in [-0.4, -0.2) is 31.8 Å². The highest BCUT2D eigenvalue weighted by Gasteiger charge is 2.45. The number of carbonyl (C=O) groups excluding carboxylic acids is 2. The van der Waals surface area contributed by atoms with Gasteiger partial charge in [0.1, 0.15) is 30.8 Å². The maximum absolute atomic E-state index is 15.3. The number of halogens is 2. The highest BCUT2D eigenvalue weighted by Crippen LogP contribution is 2.44. The van der Waals surface area contributed by atoms with E-state index in [0.717, 1.165) is 32.4 Å². The molecule has 5 aromatic carbocycles. The van der Waals surface area contributed by atoms with Crippen LogP contribution in [0.4, 0.5) is 14.9 Å². The fourth-order valence-corrected chi connectivity index (χ4v) is 8.62. The van der Waals surface area contributed by atoms with Gasteiger partial charge in [-0.2, -0.15) is 0 Å². The summed E-state index contributed by atoms with van der Waals surface area (Å²) in [5.41, 5.74) is 4.29. The lowest BCUT2D eigenvalue weighted by molar-refractivity contribution is -0.134. The third-order valence-corrected chi connectivity index (χ3v) is 16.1. The Morgan fingerprint density at radius 3 is 2.18 bits per heavy atom. The summed E-state index contributed by atoms with van der Waals surface area (Å²) in [6.07, 6.45) is 0.537. The van der Waals surface area contributed by atoms with Crippen molar-refractivity contribution in [3.05, 3.63) is 166 Å². The predicted molar refractivity (Wildman–Crippen MR) is 230 cm³/mol. The molecule has 1 heterocycles. The van der Waals surface area contributed by atoms with Gasteiger partial charge in [-0.05, 0) is 90.5 Å². The van der Waals surface area contributed by atoms with Crippen molar-refractivity contribution >= 4 is 41.9 Å². The molecule has 298 valence electrons. The fourth-order valence-electron chi connectivity index (χ4n) is 6.96. The van der Waals surface area contributed by atoms with Crippen LogP contribution in [-0.2, 0) is 20.6 Å². The lowest BCUT2D eigenvalue weighted by Crippen LogP contribution is -2.42. The number of nitrogens with one attached hydrogen (secondary N) is 1. The van der Waals surface area contributed by atoms with Gasteiger partial charge in [-0.1, -0.05) is 134 Å². The van der Waals surface area contributed by atoms with E-state index in [4.69, 9.17) is 13.9 Å². The zero-order valence-corrected chi connectivity index (χ0v) is 35.9. The molecule has 0 saturated carbocycles. The number of rotatable bonds is 16. The zero-order chi connectivity index (χ0) is 40.6. The molecule has 1 N–H and O–H groups in total. The number of anilines is 1. The van der Waals surface area contributed by atoms with Gasteiger partial charge in [-0.15, -0.1) is 0 Å². The van der Waals surface area contributed by atoms with Crippen LogP contribution in [0.25, 0.3) is 0 Å². The molecule has 0 spiro atoms. The summed E-state index contributed by atoms with van der Waals surface area (Å²) < 4.78 is 34.2. The minimum Gasteiger partial charge on any atom is -0.489 e. The molecule has 6 rings (SSSR count). The maximum atomic E-state index is 15.3. The molecule has 10 heteroatoms. The van der Waals surface area contributed by atoms with E-state index in [1.54, 1.807) is 12.1 Å². The largest absolute Gasteiger partial charge is 0.489 e. The highest BCUT2D eigenvalue weighted by atomic mass is 79.9. The summed E-state index contributed by atoms with van der Waals surface area (Å²) in [4.78, 5) is 30.2. The molecule has 1 aliphatic rings. The van der Waals surface area contributed by atoms with E-state index in [-0.39, 0.29) is 29.5 Å². The number of carbonyl (C=O) groups is 2. The first-order chi connectivity index (χ1) is 27.3. The number of nitrogens with zero attached hydrogens (tertiary/aromatic N) is 1. The first-order valence-electron chi connectivity index (χ1n) is 19.6. The van der Waals surface area contributed by atoms with Crippen molar-refractivity contribution in [2.24, 2.45) is 5.92 Å². The molecule has 4 atom stereocenters. The Morgan fingerprint density at radius 1 is 0.895 bits per heavy atom. The second-order valence-corrected chi connectivity index (χ2v) is 21.8. The Bertz CT molecular complexity index is 2080. The molecule has 0 radical (unpaired) electrons. The quantitative estimate of drug-likeness (QED) is 0.0997. The molecule has 0 unspecified atom stereocenters. The number of hydrogen-bond donors (Lipinski definition) is 1. The molecule has 57 heavy (non-hydrogen) atoms. The first kappa shape index (κ1) is 41.8. The highest BCUT2D eigenvalue weighted by molar-refractivity contribution is 9.10.